The lowest BCUT2D eigenvalue weighted by molar-refractivity contribution is 0.444. The van der Waals surface area contributed by atoms with Crippen molar-refractivity contribution in [3.63, 3.8) is 0 Å². The quantitative estimate of drug-likeness (QED) is 0.184. The summed E-state index contributed by atoms with van der Waals surface area (Å²) in [5, 5.41) is 0. The van der Waals surface area contributed by atoms with Crippen molar-refractivity contribution in [1.82, 2.24) is 0 Å². The van der Waals surface area contributed by atoms with Gasteiger partial charge in [0, 0.05) is 34.1 Å². The third-order valence-electron chi connectivity index (χ3n) is 10.9. The number of hydrogen-bond acceptors (Lipinski definition) is 2. The van der Waals surface area contributed by atoms with Crippen molar-refractivity contribution in [2.45, 2.75) is 51.9 Å². The van der Waals surface area contributed by atoms with Gasteiger partial charge in [-0.2, -0.15) is 0 Å². The van der Waals surface area contributed by atoms with E-state index in [0.29, 0.717) is 5.92 Å². The molecule has 2 heterocycles. The average molecular weight is 607 g/mol. The van der Waals surface area contributed by atoms with E-state index in [9.17, 15) is 0 Å². The molecule has 0 amide bonds. The topological polar surface area (TPSA) is 6.48 Å². The number of benzene rings is 6. The molecule has 47 heavy (non-hydrogen) atoms. The molecule has 6 aromatic rings. The first kappa shape index (κ1) is 28.2. The Morgan fingerprint density at radius 1 is 0.468 bits per heavy atom. The van der Waals surface area contributed by atoms with Gasteiger partial charge in [-0.25, -0.2) is 0 Å². The smallest absolute Gasteiger partial charge is 0.252 e. The fraction of sp³-hybridized carbons (Fsp3) is 0.182. The van der Waals surface area contributed by atoms with Crippen LogP contribution in [0.15, 0.2) is 133 Å². The molecular weight excluding hydrogens is 567 g/mol. The van der Waals surface area contributed by atoms with Crippen LogP contribution in [-0.2, 0) is 0 Å². The van der Waals surface area contributed by atoms with Crippen LogP contribution in [0.3, 0.4) is 0 Å². The van der Waals surface area contributed by atoms with E-state index in [-0.39, 0.29) is 6.71 Å². The van der Waals surface area contributed by atoms with Crippen LogP contribution in [0.2, 0.25) is 0 Å². The summed E-state index contributed by atoms with van der Waals surface area (Å²) in [6, 6.07) is 50.2. The molecule has 1 saturated carbocycles. The summed E-state index contributed by atoms with van der Waals surface area (Å²) in [5.74, 6) is 0.639. The van der Waals surface area contributed by atoms with E-state index in [0.717, 1.165) is 0 Å². The Bertz CT molecular complexity index is 2110. The fourth-order valence-electron chi connectivity index (χ4n) is 8.61. The normalized spacial score (nSPS) is 15.2. The lowest BCUT2D eigenvalue weighted by Crippen LogP contribution is -2.61. The first-order valence-corrected chi connectivity index (χ1v) is 17.3. The Morgan fingerprint density at radius 3 is 1.66 bits per heavy atom. The highest BCUT2D eigenvalue weighted by Crippen LogP contribution is 2.46. The third-order valence-corrected chi connectivity index (χ3v) is 10.9. The molecule has 9 rings (SSSR count). The summed E-state index contributed by atoms with van der Waals surface area (Å²) in [5.41, 5.74) is 18.4. The number of aryl methyl sites for hydroxylation is 2. The van der Waals surface area contributed by atoms with Gasteiger partial charge in [0.25, 0.3) is 6.71 Å². The van der Waals surface area contributed by atoms with Gasteiger partial charge in [-0.3, -0.25) is 0 Å². The minimum atomic E-state index is 0.124. The van der Waals surface area contributed by atoms with Gasteiger partial charge in [-0.1, -0.05) is 116 Å². The van der Waals surface area contributed by atoms with Gasteiger partial charge >= 0.3 is 0 Å². The minimum absolute atomic E-state index is 0.124. The largest absolute Gasteiger partial charge is 0.311 e. The molecule has 0 spiro atoms. The highest BCUT2D eigenvalue weighted by atomic mass is 15.2. The van der Waals surface area contributed by atoms with Crippen LogP contribution in [0.4, 0.5) is 34.1 Å². The van der Waals surface area contributed by atoms with Gasteiger partial charge in [0.1, 0.15) is 0 Å². The summed E-state index contributed by atoms with van der Waals surface area (Å²) in [4.78, 5) is 5.08. The Kier molecular flexibility index (Phi) is 6.82. The monoisotopic (exact) mass is 606 g/mol. The van der Waals surface area contributed by atoms with Gasteiger partial charge < -0.3 is 9.80 Å². The minimum Gasteiger partial charge on any atom is -0.311 e. The van der Waals surface area contributed by atoms with Crippen LogP contribution in [0.1, 0.15) is 54.7 Å². The van der Waals surface area contributed by atoms with E-state index in [1.165, 1.54) is 110 Å². The zero-order valence-corrected chi connectivity index (χ0v) is 27.3. The van der Waals surface area contributed by atoms with Crippen molar-refractivity contribution < 1.29 is 0 Å². The lowest BCUT2D eigenvalue weighted by Gasteiger charge is -2.45. The maximum atomic E-state index is 2.60. The van der Waals surface area contributed by atoms with Crippen LogP contribution < -0.4 is 26.2 Å². The summed E-state index contributed by atoms with van der Waals surface area (Å²) in [7, 11) is 0. The number of anilines is 6. The maximum Gasteiger partial charge on any atom is 0.252 e. The van der Waals surface area contributed by atoms with Gasteiger partial charge in [0.15, 0.2) is 0 Å². The molecule has 3 heteroatoms. The highest BCUT2D eigenvalue weighted by Gasteiger charge is 2.43. The van der Waals surface area contributed by atoms with E-state index >= 15 is 0 Å². The van der Waals surface area contributed by atoms with Crippen molar-refractivity contribution in [3.05, 3.63) is 150 Å². The first-order chi connectivity index (χ1) is 23.2. The SMILES string of the molecule is Cc1ccccc1N1c2ccc(-c3ccccc3)cc2B2c3cc(C4CCCCC4)ccc3N(c3ccccc3C)c3cccc1c32. The van der Waals surface area contributed by atoms with Gasteiger partial charge in [0.05, 0.1) is 0 Å². The van der Waals surface area contributed by atoms with E-state index in [1.54, 1.807) is 0 Å². The molecule has 0 N–H and O–H groups in total. The van der Waals surface area contributed by atoms with E-state index in [2.05, 4.69) is 157 Å². The standard InChI is InChI=1S/C44H39BN2/c1-30-14-9-11-20-38(30)46-40-26-24-34(32-16-5-3-6-17-32)28-36(40)45-37-29-35(33-18-7-4-8-19-33)25-27-41(37)47(39-21-12-10-15-31(39)2)43-23-13-22-42(46)44(43)45/h3,5-6,9-17,20-29,33H,4,7-8,18-19H2,1-2H3. The number of fused-ring (bicyclic) bond motifs is 4. The second kappa shape index (κ2) is 11.3. The summed E-state index contributed by atoms with van der Waals surface area (Å²) >= 11 is 0. The van der Waals surface area contributed by atoms with Crippen molar-refractivity contribution in [2.24, 2.45) is 0 Å². The first-order valence-electron chi connectivity index (χ1n) is 17.3. The summed E-state index contributed by atoms with van der Waals surface area (Å²) in [6.07, 6.45) is 6.63. The predicted octanol–water partition coefficient (Wildman–Crippen LogP) is 10.1. The molecule has 2 aliphatic heterocycles. The van der Waals surface area contributed by atoms with Crippen LogP contribution in [0.25, 0.3) is 11.1 Å². The predicted molar refractivity (Wildman–Crippen MR) is 201 cm³/mol. The molecule has 0 saturated heterocycles. The Hall–Kier alpha value is -5.02. The number of nitrogens with zero attached hydrogens (tertiary/aromatic N) is 2. The number of hydrogen-bond donors (Lipinski definition) is 0. The van der Waals surface area contributed by atoms with Gasteiger partial charge in [0.2, 0.25) is 0 Å². The third kappa shape index (κ3) is 4.55. The maximum absolute atomic E-state index is 2.60. The Labute approximate surface area is 279 Å². The number of rotatable bonds is 4. The summed E-state index contributed by atoms with van der Waals surface area (Å²) in [6.45, 7) is 4.60. The van der Waals surface area contributed by atoms with E-state index in [4.69, 9.17) is 0 Å². The van der Waals surface area contributed by atoms with Crippen molar-refractivity contribution >= 4 is 57.2 Å². The summed E-state index contributed by atoms with van der Waals surface area (Å²) < 4.78 is 0. The zero-order valence-electron chi connectivity index (χ0n) is 27.3. The van der Waals surface area contributed by atoms with Crippen molar-refractivity contribution in [2.75, 3.05) is 9.80 Å². The zero-order chi connectivity index (χ0) is 31.5. The van der Waals surface area contributed by atoms with Gasteiger partial charge in [-0.15, -0.1) is 0 Å². The molecule has 1 fully saturated rings. The van der Waals surface area contributed by atoms with Crippen molar-refractivity contribution in [1.29, 1.82) is 0 Å². The molecule has 0 atom stereocenters. The molecule has 0 radical (unpaired) electrons. The van der Waals surface area contributed by atoms with Crippen LogP contribution in [0, 0.1) is 13.8 Å². The molecule has 3 aliphatic rings. The van der Waals surface area contributed by atoms with Crippen LogP contribution in [0.5, 0.6) is 0 Å². The Morgan fingerprint density at radius 2 is 1.02 bits per heavy atom. The Balaban J connectivity index is 1.36. The molecule has 1 aliphatic carbocycles. The van der Waals surface area contributed by atoms with Crippen LogP contribution in [-0.4, -0.2) is 6.71 Å². The molecule has 0 aromatic heterocycles. The van der Waals surface area contributed by atoms with E-state index in [1.807, 2.05) is 0 Å². The lowest BCUT2D eigenvalue weighted by atomic mass is 9.33. The second-order valence-corrected chi connectivity index (χ2v) is 13.7. The second-order valence-electron chi connectivity index (χ2n) is 13.7. The molecular formula is C44H39BN2. The van der Waals surface area contributed by atoms with Crippen LogP contribution >= 0.6 is 0 Å². The molecule has 0 unspecified atom stereocenters. The molecule has 228 valence electrons. The fourth-order valence-corrected chi connectivity index (χ4v) is 8.61. The van der Waals surface area contributed by atoms with Crippen molar-refractivity contribution in [3.8, 4) is 11.1 Å². The molecule has 0 bridgehead atoms. The molecule has 2 nitrogen and oxygen atoms in total. The van der Waals surface area contributed by atoms with Gasteiger partial charge in [-0.05, 0) is 113 Å². The molecule has 6 aromatic carbocycles. The number of para-hydroxylation sites is 2. The van der Waals surface area contributed by atoms with E-state index < -0.39 is 0 Å². The average Bonchev–Trinajstić information content (AvgIpc) is 3.13. The highest BCUT2D eigenvalue weighted by molar-refractivity contribution is 7.00.